The highest BCUT2D eigenvalue weighted by atomic mass is 35.5. The van der Waals surface area contributed by atoms with E-state index in [0.717, 1.165) is 4.71 Å². The minimum absolute atomic E-state index is 0.608. The first-order valence-electron chi connectivity index (χ1n) is 1.93. The molecule has 0 bridgehead atoms. The van der Waals surface area contributed by atoms with Crippen LogP contribution in [0.4, 0.5) is 0 Å². The van der Waals surface area contributed by atoms with Gasteiger partial charge in [-0.15, -0.1) is 11.6 Å². The lowest BCUT2D eigenvalue weighted by Crippen LogP contribution is -1.67. The number of rotatable bonds is 0. The number of thioether (sulfide) groups is 1. The lowest BCUT2D eigenvalue weighted by molar-refractivity contribution is 1.31. The van der Waals surface area contributed by atoms with E-state index in [0.29, 0.717) is 15.8 Å². The van der Waals surface area contributed by atoms with Crippen LogP contribution >= 0.6 is 46.6 Å². The van der Waals surface area contributed by atoms with Gasteiger partial charge < -0.3 is 0 Å². The zero-order valence-corrected chi connectivity index (χ0v) is 6.83. The molecule has 1 heterocycles. The molecule has 0 aliphatic carbocycles. The van der Waals surface area contributed by atoms with Crippen molar-refractivity contribution in [1.29, 1.82) is 0 Å². The van der Waals surface area contributed by atoms with Crippen LogP contribution in [0.1, 0.15) is 6.42 Å². The summed E-state index contributed by atoms with van der Waals surface area (Å²) in [6.07, 6.45) is 0.618. The molecule has 0 aromatic heterocycles. The summed E-state index contributed by atoms with van der Waals surface area (Å²) in [5.41, 5.74) is 0. The fourth-order valence-electron chi connectivity index (χ4n) is 0.380. The number of halogens is 3. The van der Waals surface area contributed by atoms with Crippen LogP contribution in [0.5, 0.6) is 0 Å². The SMILES string of the molecule is Cl[C]1CC(Cl)=C(Cl)S1. The summed E-state index contributed by atoms with van der Waals surface area (Å²) in [4.78, 5) is 0. The molecule has 0 amide bonds. The third-order valence-corrected chi connectivity index (χ3v) is 2.86. The molecular formula is C4H2Cl3S. The minimum Gasteiger partial charge on any atom is -0.104 e. The molecule has 1 aliphatic rings. The summed E-state index contributed by atoms with van der Waals surface area (Å²) in [7, 11) is 0. The lowest BCUT2D eigenvalue weighted by Gasteiger charge is -1.89. The number of hydrogen-bond donors (Lipinski definition) is 0. The van der Waals surface area contributed by atoms with Crippen LogP contribution in [0.25, 0.3) is 0 Å². The number of allylic oxidation sites excluding steroid dienone is 1. The highest BCUT2D eigenvalue weighted by molar-refractivity contribution is 8.08. The van der Waals surface area contributed by atoms with E-state index in [-0.39, 0.29) is 0 Å². The molecule has 45 valence electrons. The monoisotopic (exact) mass is 187 g/mol. The zero-order chi connectivity index (χ0) is 6.15. The first-order chi connectivity index (χ1) is 3.70. The van der Waals surface area contributed by atoms with Gasteiger partial charge in [-0.05, 0) is 0 Å². The number of hydrogen-bond acceptors (Lipinski definition) is 1. The summed E-state index contributed by atoms with van der Waals surface area (Å²) >= 11 is 18.0. The van der Waals surface area contributed by atoms with E-state index in [1.807, 2.05) is 0 Å². The van der Waals surface area contributed by atoms with Crippen molar-refractivity contribution in [2.45, 2.75) is 6.42 Å². The predicted molar refractivity (Wildman–Crippen MR) is 40.0 cm³/mol. The van der Waals surface area contributed by atoms with E-state index in [1.54, 1.807) is 0 Å². The Labute approximate surface area is 67.2 Å². The van der Waals surface area contributed by atoms with Crippen LogP contribution in [0.15, 0.2) is 9.40 Å². The summed E-state index contributed by atoms with van der Waals surface area (Å²) in [6.45, 7) is 0. The van der Waals surface area contributed by atoms with Crippen molar-refractivity contribution < 1.29 is 0 Å². The van der Waals surface area contributed by atoms with Gasteiger partial charge in [0.2, 0.25) is 0 Å². The molecule has 0 spiro atoms. The van der Waals surface area contributed by atoms with Crippen LogP contribution in [0, 0.1) is 4.71 Å². The topological polar surface area (TPSA) is 0 Å². The van der Waals surface area contributed by atoms with Gasteiger partial charge in [-0.2, -0.15) is 0 Å². The Bertz CT molecular complexity index is 117. The third-order valence-electron chi connectivity index (χ3n) is 0.708. The molecule has 0 atom stereocenters. The van der Waals surface area contributed by atoms with E-state index in [2.05, 4.69) is 0 Å². The molecule has 0 aromatic carbocycles. The molecule has 1 radical (unpaired) electrons. The lowest BCUT2D eigenvalue weighted by atomic mass is 10.5. The summed E-state index contributed by atoms with van der Waals surface area (Å²) < 4.78 is 1.36. The van der Waals surface area contributed by atoms with Gasteiger partial charge in [-0.1, -0.05) is 35.0 Å². The van der Waals surface area contributed by atoms with Crippen molar-refractivity contribution in [1.82, 2.24) is 0 Å². The van der Waals surface area contributed by atoms with E-state index < -0.39 is 0 Å². The van der Waals surface area contributed by atoms with Crippen molar-refractivity contribution in [3.05, 3.63) is 14.1 Å². The Kier molecular flexibility index (Phi) is 2.38. The molecular weight excluding hydrogens is 186 g/mol. The molecule has 0 unspecified atom stereocenters. The molecule has 1 rings (SSSR count). The second kappa shape index (κ2) is 2.70. The summed E-state index contributed by atoms with van der Waals surface area (Å²) in [5, 5.41) is 0.654. The van der Waals surface area contributed by atoms with Crippen LogP contribution < -0.4 is 0 Å². The van der Waals surface area contributed by atoms with Gasteiger partial charge in [0.05, 0.1) is 4.36 Å². The van der Waals surface area contributed by atoms with Crippen LogP contribution in [-0.4, -0.2) is 0 Å². The maximum atomic E-state index is 5.58. The van der Waals surface area contributed by atoms with Gasteiger partial charge in [-0.25, -0.2) is 0 Å². The van der Waals surface area contributed by atoms with Crippen molar-refractivity contribution in [3.8, 4) is 0 Å². The fraction of sp³-hybridized carbons (Fsp3) is 0.250. The maximum Gasteiger partial charge on any atom is 0.129 e. The molecule has 0 nitrogen and oxygen atoms in total. The second-order valence-corrected chi connectivity index (χ2v) is 4.16. The summed E-state index contributed by atoms with van der Waals surface area (Å²) in [5.74, 6) is 0. The van der Waals surface area contributed by atoms with E-state index in [9.17, 15) is 0 Å². The normalized spacial score (nSPS) is 22.9. The molecule has 0 N–H and O–H groups in total. The standard InChI is InChI=1S/C4H2Cl3S/c5-2-1-3(6)8-4(2)7/h1H2. The van der Waals surface area contributed by atoms with Gasteiger partial charge >= 0.3 is 0 Å². The molecule has 0 saturated heterocycles. The highest BCUT2D eigenvalue weighted by Gasteiger charge is 2.20. The van der Waals surface area contributed by atoms with Crippen molar-refractivity contribution in [3.63, 3.8) is 0 Å². The Morgan fingerprint density at radius 2 is 1.88 bits per heavy atom. The average Bonchev–Trinajstić information content (AvgIpc) is 1.85. The van der Waals surface area contributed by atoms with Gasteiger partial charge in [0, 0.05) is 11.5 Å². The zero-order valence-electron chi connectivity index (χ0n) is 3.75. The van der Waals surface area contributed by atoms with E-state index in [4.69, 9.17) is 34.8 Å². The van der Waals surface area contributed by atoms with Crippen LogP contribution in [0.2, 0.25) is 0 Å². The Morgan fingerprint density at radius 1 is 1.25 bits per heavy atom. The second-order valence-electron chi connectivity index (χ2n) is 1.31. The predicted octanol–water partition coefficient (Wildman–Crippen LogP) is 3.50. The van der Waals surface area contributed by atoms with Gasteiger partial charge in [0.25, 0.3) is 0 Å². The molecule has 4 heteroatoms. The first-order valence-corrected chi connectivity index (χ1v) is 3.88. The average molecular weight is 188 g/mol. The van der Waals surface area contributed by atoms with Crippen LogP contribution in [0.3, 0.4) is 0 Å². The molecule has 0 aromatic rings. The Hall–Kier alpha value is 0.960. The fourth-order valence-corrected chi connectivity index (χ4v) is 2.20. The molecule has 0 fully saturated rings. The van der Waals surface area contributed by atoms with Gasteiger partial charge in [-0.3, -0.25) is 0 Å². The first kappa shape index (κ1) is 7.07. The van der Waals surface area contributed by atoms with Crippen molar-refractivity contribution >= 4 is 46.6 Å². The summed E-state index contributed by atoms with van der Waals surface area (Å²) in [6, 6.07) is 0. The molecule has 0 saturated carbocycles. The van der Waals surface area contributed by atoms with E-state index in [1.165, 1.54) is 11.8 Å². The maximum absolute atomic E-state index is 5.58. The van der Waals surface area contributed by atoms with Crippen molar-refractivity contribution in [2.75, 3.05) is 0 Å². The molecule has 8 heavy (non-hydrogen) atoms. The quantitative estimate of drug-likeness (QED) is 0.561. The molecule has 1 aliphatic heterocycles. The Balaban J connectivity index is 2.60. The largest absolute Gasteiger partial charge is 0.129 e. The smallest absolute Gasteiger partial charge is 0.104 e. The van der Waals surface area contributed by atoms with Crippen molar-refractivity contribution in [2.24, 2.45) is 0 Å². The van der Waals surface area contributed by atoms with Gasteiger partial charge in [0.15, 0.2) is 0 Å². The minimum atomic E-state index is 0.608. The van der Waals surface area contributed by atoms with Gasteiger partial charge in [0.1, 0.15) is 4.71 Å². The Morgan fingerprint density at radius 3 is 2.00 bits per heavy atom. The third kappa shape index (κ3) is 1.47. The van der Waals surface area contributed by atoms with Crippen LogP contribution in [-0.2, 0) is 0 Å². The van der Waals surface area contributed by atoms with E-state index >= 15 is 0 Å². The highest BCUT2D eigenvalue weighted by Crippen LogP contribution is 2.48.